The van der Waals surface area contributed by atoms with Gasteiger partial charge in [-0.25, -0.2) is 0 Å². The summed E-state index contributed by atoms with van der Waals surface area (Å²) >= 11 is 0. The minimum Gasteiger partial charge on any atom is -0.384 e. The van der Waals surface area contributed by atoms with Crippen LogP contribution in [0, 0.1) is 17.8 Å². The summed E-state index contributed by atoms with van der Waals surface area (Å²) in [6.45, 7) is 1.01. The van der Waals surface area contributed by atoms with Crippen LogP contribution < -0.4 is 5.32 Å². The van der Waals surface area contributed by atoms with E-state index in [9.17, 15) is 4.79 Å². The minimum atomic E-state index is -0.153. The molecule has 1 heterocycles. The molecule has 4 heteroatoms. The van der Waals surface area contributed by atoms with Gasteiger partial charge in [0.1, 0.15) is 6.61 Å². The fourth-order valence-electron chi connectivity index (χ4n) is 1.76. The van der Waals surface area contributed by atoms with E-state index >= 15 is 0 Å². The molecule has 4 nitrogen and oxygen atoms in total. The topological polar surface area (TPSA) is 58.6 Å². The molecule has 1 aliphatic heterocycles. The van der Waals surface area contributed by atoms with Gasteiger partial charge in [0.15, 0.2) is 0 Å². The predicted octanol–water partition coefficient (Wildman–Crippen LogP) is 1.01. The first kappa shape index (κ1) is 12.6. The van der Waals surface area contributed by atoms with Gasteiger partial charge in [0.2, 0.25) is 5.91 Å². The summed E-state index contributed by atoms with van der Waals surface area (Å²) in [6, 6.07) is 7.22. The molecule has 2 rings (SSSR count). The van der Waals surface area contributed by atoms with Crippen molar-refractivity contribution < 1.29 is 14.6 Å². The van der Waals surface area contributed by atoms with Crippen LogP contribution >= 0.6 is 0 Å². The van der Waals surface area contributed by atoms with Gasteiger partial charge in [-0.3, -0.25) is 4.79 Å². The summed E-state index contributed by atoms with van der Waals surface area (Å²) in [7, 11) is 0. The third-order valence-corrected chi connectivity index (χ3v) is 2.76. The molecule has 1 aromatic rings. The minimum absolute atomic E-state index is 0.00157. The van der Waals surface area contributed by atoms with Crippen molar-refractivity contribution in [2.45, 2.75) is 6.42 Å². The van der Waals surface area contributed by atoms with Crippen molar-refractivity contribution >= 4 is 11.6 Å². The van der Waals surface area contributed by atoms with Crippen LogP contribution in [-0.4, -0.2) is 30.8 Å². The maximum absolute atomic E-state index is 11.8. The van der Waals surface area contributed by atoms with Gasteiger partial charge in [-0.1, -0.05) is 11.8 Å². The number of hydrogen-bond acceptors (Lipinski definition) is 3. The fourth-order valence-corrected chi connectivity index (χ4v) is 1.76. The summed E-state index contributed by atoms with van der Waals surface area (Å²) in [5.74, 6) is 5.33. The van der Waals surface area contributed by atoms with Crippen molar-refractivity contribution in [3.8, 4) is 11.8 Å². The smallest absolute Gasteiger partial charge is 0.229 e. The molecule has 0 bridgehead atoms. The molecule has 1 aliphatic rings. The average Bonchev–Trinajstić information content (AvgIpc) is 2.92. The lowest BCUT2D eigenvalue weighted by molar-refractivity contribution is -0.119. The Labute approximate surface area is 106 Å². The van der Waals surface area contributed by atoms with Crippen molar-refractivity contribution in [1.82, 2.24) is 0 Å². The molecule has 1 unspecified atom stereocenters. The summed E-state index contributed by atoms with van der Waals surface area (Å²) in [6.07, 6.45) is 0.784. The molecule has 0 aromatic heterocycles. The first-order chi connectivity index (χ1) is 8.79. The first-order valence-corrected chi connectivity index (χ1v) is 5.88. The second kappa shape index (κ2) is 6.20. The predicted molar refractivity (Wildman–Crippen MR) is 68.0 cm³/mol. The Morgan fingerprint density at radius 2 is 2.22 bits per heavy atom. The van der Waals surface area contributed by atoms with E-state index in [1.807, 2.05) is 12.1 Å². The Hall–Kier alpha value is -1.83. The van der Waals surface area contributed by atoms with E-state index in [1.54, 1.807) is 12.1 Å². The van der Waals surface area contributed by atoms with Crippen LogP contribution in [0.15, 0.2) is 24.3 Å². The normalized spacial score (nSPS) is 17.9. The van der Waals surface area contributed by atoms with Gasteiger partial charge in [0.05, 0.1) is 12.5 Å². The van der Waals surface area contributed by atoms with E-state index in [0.29, 0.717) is 13.2 Å². The Morgan fingerprint density at radius 3 is 2.83 bits per heavy atom. The highest BCUT2D eigenvalue weighted by Gasteiger charge is 2.23. The molecule has 1 amide bonds. The number of rotatable bonds is 2. The van der Waals surface area contributed by atoms with Gasteiger partial charge in [-0.15, -0.1) is 0 Å². The number of anilines is 1. The van der Waals surface area contributed by atoms with Crippen LogP contribution in [0.3, 0.4) is 0 Å². The molecule has 18 heavy (non-hydrogen) atoms. The average molecular weight is 245 g/mol. The van der Waals surface area contributed by atoms with E-state index in [4.69, 9.17) is 9.84 Å². The van der Waals surface area contributed by atoms with Gasteiger partial charge in [-0.05, 0) is 30.7 Å². The molecule has 2 N–H and O–H groups in total. The lowest BCUT2D eigenvalue weighted by Gasteiger charge is -2.09. The van der Waals surface area contributed by atoms with Crippen LogP contribution in [0.2, 0.25) is 0 Å². The highest BCUT2D eigenvalue weighted by molar-refractivity contribution is 5.92. The van der Waals surface area contributed by atoms with Crippen molar-refractivity contribution in [2.75, 3.05) is 25.1 Å². The quantitative estimate of drug-likeness (QED) is 0.764. The van der Waals surface area contributed by atoms with Crippen LogP contribution in [0.4, 0.5) is 5.69 Å². The second-order valence-electron chi connectivity index (χ2n) is 4.09. The van der Waals surface area contributed by atoms with Crippen molar-refractivity contribution in [1.29, 1.82) is 0 Å². The first-order valence-electron chi connectivity index (χ1n) is 5.88. The summed E-state index contributed by atoms with van der Waals surface area (Å²) < 4.78 is 5.18. The number of ether oxygens (including phenoxy) is 1. The number of aliphatic hydroxyl groups excluding tert-OH is 1. The molecule has 1 aromatic carbocycles. The lowest BCUT2D eigenvalue weighted by atomic mass is 10.1. The highest BCUT2D eigenvalue weighted by Crippen LogP contribution is 2.16. The Balaban J connectivity index is 1.95. The number of amides is 1. The third-order valence-electron chi connectivity index (χ3n) is 2.76. The van der Waals surface area contributed by atoms with Gasteiger partial charge in [0, 0.05) is 17.9 Å². The van der Waals surface area contributed by atoms with Crippen molar-refractivity contribution in [3.63, 3.8) is 0 Å². The summed E-state index contributed by atoms with van der Waals surface area (Å²) in [4.78, 5) is 11.8. The monoisotopic (exact) mass is 245 g/mol. The highest BCUT2D eigenvalue weighted by atomic mass is 16.5. The molecule has 0 aliphatic carbocycles. The van der Waals surface area contributed by atoms with Crippen LogP contribution in [-0.2, 0) is 9.53 Å². The SMILES string of the molecule is O=C(Nc1ccc(C#CCO)cc1)C1CCOC1. The molecule has 0 spiro atoms. The number of nitrogens with one attached hydrogen (secondary N) is 1. The number of aliphatic hydroxyl groups is 1. The van der Waals surface area contributed by atoms with Crippen LogP contribution in [0.25, 0.3) is 0 Å². The zero-order valence-corrected chi connectivity index (χ0v) is 9.98. The summed E-state index contributed by atoms with van der Waals surface area (Å²) in [5, 5.41) is 11.4. The van der Waals surface area contributed by atoms with E-state index in [-0.39, 0.29) is 18.4 Å². The maximum Gasteiger partial charge on any atom is 0.229 e. The van der Waals surface area contributed by atoms with Crippen molar-refractivity contribution in [3.05, 3.63) is 29.8 Å². The number of carbonyl (C=O) groups is 1. The number of benzene rings is 1. The molecular formula is C14H15NO3. The number of carbonyl (C=O) groups excluding carboxylic acids is 1. The molecule has 94 valence electrons. The Morgan fingerprint density at radius 1 is 1.44 bits per heavy atom. The molecule has 0 saturated carbocycles. The Bertz CT molecular complexity index is 464. The van der Waals surface area contributed by atoms with Crippen LogP contribution in [0.1, 0.15) is 12.0 Å². The van der Waals surface area contributed by atoms with Gasteiger partial charge in [-0.2, -0.15) is 0 Å². The molecule has 1 atom stereocenters. The molecule has 1 fully saturated rings. The molecule has 1 saturated heterocycles. The van der Waals surface area contributed by atoms with Crippen molar-refractivity contribution in [2.24, 2.45) is 5.92 Å². The Kier molecular flexibility index (Phi) is 4.35. The standard InChI is InChI=1S/C14H15NO3/c16-8-1-2-11-3-5-13(6-4-11)15-14(17)12-7-9-18-10-12/h3-6,12,16H,7-10H2,(H,15,17). The van der Waals surface area contributed by atoms with Gasteiger partial charge >= 0.3 is 0 Å². The van der Waals surface area contributed by atoms with E-state index < -0.39 is 0 Å². The fraction of sp³-hybridized carbons (Fsp3) is 0.357. The molecule has 0 radical (unpaired) electrons. The van der Waals surface area contributed by atoms with Crippen LogP contribution in [0.5, 0.6) is 0 Å². The number of hydrogen-bond donors (Lipinski definition) is 2. The molecular weight excluding hydrogens is 230 g/mol. The van der Waals surface area contributed by atoms with Gasteiger partial charge < -0.3 is 15.2 Å². The maximum atomic E-state index is 11.8. The zero-order valence-electron chi connectivity index (χ0n) is 9.98. The zero-order chi connectivity index (χ0) is 12.8. The summed E-state index contributed by atoms with van der Waals surface area (Å²) in [5.41, 5.74) is 1.56. The third kappa shape index (κ3) is 3.33. The lowest BCUT2D eigenvalue weighted by Crippen LogP contribution is -2.22. The van der Waals surface area contributed by atoms with Gasteiger partial charge in [0.25, 0.3) is 0 Å². The van der Waals surface area contributed by atoms with E-state index in [0.717, 1.165) is 17.7 Å². The largest absolute Gasteiger partial charge is 0.384 e. The van der Waals surface area contributed by atoms with E-state index in [2.05, 4.69) is 17.2 Å². The second-order valence-corrected chi connectivity index (χ2v) is 4.09. The van der Waals surface area contributed by atoms with E-state index in [1.165, 1.54) is 0 Å².